The molecule has 3 N–H and O–H groups in total. The van der Waals surface area contributed by atoms with Crippen molar-refractivity contribution in [3.63, 3.8) is 0 Å². The molecular formula is C19H12F2N4O3. The smallest absolute Gasteiger partial charge is 0.341 e. The zero-order valence-corrected chi connectivity index (χ0v) is 14.1. The number of aromatic nitrogens is 3. The summed E-state index contributed by atoms with van der Waals surface area (Å²) in [5.74, 6) is -2.91. The molecule has 0 amide bonds. The SMILES string of the molecule is Nc1ccn(-c2nc3c(cc2F)c(=O)c(C(=O)O)cn3-c2ccc(F)cc2)c1. The van der Waals surface area contributed by atoms with Gasteiger partial charge in [-0.25, -0.2) is 18.6 Å². The summed E-state index contributed by atoms with van der Waals surface area (Å²) < 4.78 is 30.6. The average molecular weight is 382 g/mol. The minimum Gasteiger partial charge on any atom is -0.477 e. The van der Waals surface area contributed by atoms with E-state index in [1.54, 1.807) is 6.07 Å². The van der Waals surface area contributed by atoms with Crippen LogP contribution in [0.3, 0.4) is 0 Å². The monoisotopic (exact) mass is 382 g/mol. The van der Waals surface area contributed by atoms with Crippen LogP contribution in [-0.2, 0) is 0 Å². The Labute approximate surface area is 155 Å². The molecule has 140 valence electrons. The van der Waals surface area contributed by atoms with Crippen LogP contribution in [0, 0.1) is 11.6 Å². The van der Waals surface area contributed by atoms with Crippen LogP contribution in [0.1, 0.15) is 10.4 Å². The Morgan fingerprint density at radius 1 is 1.11 bits per heavy atom. The van der Waals surface area contributed by atoms with E-state index in [1.807, 2.05) is 0 Å². The van der Waals surface area contributed by atoms with E-state index >= 15 is 0 Å². The van der Waals surface area contributed by atoms with Crippen molar-refractivity contribution in [2.75, 3.05) is 5.73 Å². The molecule has 1 aromatic carbocycles. The largest absolute Gasteiger partial charge is 0.477 e. The third-order valence-corrected chi connectivity index (χ3v) is 4.21. The highest BCUT2D eigenvalue weighted by Crippen LogP contribution is 2.22. The molecule has 0 fully saturated rings. The molecule has 0 atom stereocenters. The van der Waals surface area contributed by atoms with Gasteiger partial charge in [-0.15, -0.1) is 0 Å². The van der Waals surface area contributed by atoms with Crippen LogP contribution in [-0.4, -0.2) is 25.2 Å². The van der Waals surface area contributed by atoms with Gasteiger partial charge in [0, 0.05) is 30.0 Å². The zero-order valence-electron chi connectivity index (χ0n) is 14.1. The molecule has 4 rings (SSSR count). The molecule has 0 aliphatic heterocycles. The third kappa shape index (κ3) is 2.78. The van der Waals surface area contributed by atoms with Crippen LogP contribution in [0.15, 0.2) is 59.8 Å². The van der Waals surface area contributed by atoms with Gasteiger partial charge in [0.05, 0.1) is 5.39 Å². The number of benzene rings is 1. The zero-order chi connectivity index (χ0) is 20.0. The number of nitrogen functional groups attached to an aromatic ring is 1. The molecule has 28 heavy (non-hydrogen) atoms. The second-order valence-corrected chi connectivity index (χ2v) is 6.04. The van der Waals surface area contributed by atoms with E-state index in [0.29, 0.717) is 11.4 Å². The maximum Gasteiger partial charge on any atom is 0.341 e. The van der Waals surface area contributed by atoms with Gasteiger partial charge in [-0.1, -0.05) is 0 Å². The number of carboxylic acids is 1. The van der Waals surface area contributed by atoms with E-state index in [9.17, 15) is 23.5 Å². The van der Waals surface area contributed by atoms with Gasteiger partial charge in [-0.3, -0.25) is 4.79 Å². The lowest BCUT2D eigenvalue weighted by Crippen LogP contribution is -2.20. The number of fused-ring (bicyclic) bond motifs is 1. The molecule has 0 saturated heterocycles. The van der Waals surface area contributed by atoms with Gasteiger partial charge in [-0.2, -0.15) is 0 Å². The van der Waals surface area contributed by atoms with E-state index in [2.05, 4.69) is 4.98 Å². The molecule has 0 aliphatic carbocycles. The van der Waals surface area contributed by atoms with Crippen LogP contribution in [0.5, 0.6) is 0 Å². The predicted octanol–water partition coefficient (Wildman–Crippen LogP) is 2.74. The maximum atomic E-state index is 14.6. The van der Waals surface area contributed by atoms with E-state index in [4.69, 9.17) is 5.73 Å². The standard InChI is InChI=1S/C19H12F2N4O3/c20-10-1-3-12(4-2-10)25-9-14(19(27)28)16(26)13-7-15(21)18(23-17(13)25)24-6-5-11(22)8-24/h1-9H,22H2,(H,27,28). The number of anilines is 1. The first-order valence-electron chi connectivity index (χ1n) is 8.04. The Bertz CT molecular complexity index is 1290. The summed E-state index contributed by atoms with van der Waals surface area (Å²) in [6, 6.07) is 7.62. The number of aromatic carboxylic acids is 1. The second-order valence-electron chi connectivity index (χ2n) is 6.04. The van der Waals surface area contributed by atoms with Gasteiger partial charge in [0.1, 0.15) is 11.4 Å². The quantitative estimate of drug-likeness (QED) is 0.567. The van der Waals surface area contributed by atoms with E-state index < -0.39 is 28.6 Å². The van der Waals surface area contributed by atoms with Crippen LogP contribution < -0.4 is 11.2 Å². The Kier molecular flexibility index (Phi) is 3.92. The molecular weight excluding hydrogens is 370 g/mol. The fourth-order valence-electron chi connectivity index (χ4n) is 2.89. The molecule has 0 radical (unpaired) electrons. The number of pyridine rings is 2. The van der Waals surface area contributed by atoms with Crippen LogP contribution in [0.2, 0.25) is 0 Å². The van der Waals surface area contributed by atoms with Crippen LogP contribution in [0.4, 0.5) is 14.5 Å². The van der Waals surface area contributed by atoms with Crippen molar-refractivity contribution in [1.29, 1.82) is 0 Å². The minimum absolute atomic E-state index is 0.0188. The minimum atomic E-state index is -1.47. The number of carboxylic acid groups (broad SMARTS) is 1. The molecule has 7 nitrogen and oxygen atoms in total. The second kappa shape index (κ2) is 6.31. The predicted molar refractivity (Wildman–Crippen MR) is 98.0 cm³/mol. The highest BCUT2D eigenvalue weighted by molar-refractivity contribution is 5.92. The van der Waals surface area contributed by atoms with Gasteiger partial charge in [0.25, 0.3) is 0 Å². The van der Waals surface area contributed by atoms with Crippen LogP contribution >= 0.6 is 0 Å². The molecule has 0 bridgehead atoms. The summed E-state index contributed by atoms with van der Waals surface area (Å²) >= 11 is 0. The fourth-order valence-corrected chi connectivity index (χ4v) is 2.89. The van der Waals surface area contributed by atoms with Crippen LogP contribution in [0.25, 0.3) is 22.5 Å². The Balaban J connectivity index is 2.10. The number of nitrogens with zero attached hydrogens (tertiary/aromatic N) is 3. The molecule has 0 spiro atoms. The highest BCUT2D eigenvalue weighted by Gasteiger charge is 2.19. The number of carbonyl (C=O) groups is 1. The number of hydrogen-bond donors (Lipinski definition) is 2. The Morgan fingerprint density at radius 3 is 2.43 bits per heavy atom. The lowest BCUT2D eigenvalue weighted by atomic mass is 10.1. The molecule has 3 heterocycles. The normalized spacial score (nSPS) is 11.1. The Hall–Kier alpha value is -4.01. The van der Waals surface area contributed by atoms with E-state index in [-0.39, 0.29) is 16.9 Å². The summed E-state index contributed by atoms with van der Waals surface area (Å²) in [7, 11) is 0. The molecule has 0 saturated carbocycles. The summed E-state index contributed by atoms with van der Waals surface area (Å²) in [4.78, 5) is 28.2. The number of halogens is 2. The summed E-state index contributed by atoms with van der Waals surface area (Å²) in [5.41, 5.74) is 4.99. The van der Waals surface area contributed by atoms with Gasteiger partial charge < -0.3 is 20.0 Å². The average Bonchev–Trinajstić information content (AvgIpc) is 3.09. The number of rotatable bonds is 3. The Morgan fingerprint density at radius 2 is 1.82 bits per heavy atom. The van der Waals surface area contributed by atoms with Gasteiger partial charge in [0.15, 0.2) is 17.3 Å². The molecule has 4 aromatic rings. The first kappa shape index (κ1) is 17.4. The maximum absolute atomic E-state index is 14.6. The van der Waals surface area contributed by atoms with E-state index in [0.717, 1.165) is 12.3 Å². The van der Waals surface area contributed by atoms with Crippen molar-refractivity contribution in [2.24, 2.45) is 0 Å². The van der Waals surface area contributed by atoms with Gasteiger partial charge >= 0.3 is 5.97 Å². The summed E-state index contributed by atoms with van der Waals surface area (Å²) in [6.45, 7) is 0. The molecule has 3 aromatic heterocycles. The van der Waals surface area contributed by atoms with Crippen molar-refractivity contribution >= 4 is 22.7 Å². The molecule has 0 unspecified atom stereocenters. The van der Waals surface area contributed by atoms with Gasteiger partial charge in [-0.05, 0) is 36.4 Å². The van der Waals surface area contributed by atoms with Crippen molar-refractivity contribution in [2.45, 2.75) is 0 Å². The number of hydrogen-bond acceptors (Lipinski definition) is 4. The van der Waals surface area contributed by atoms with Crippen molar-refractivity contribution in [1.82, 2.24) is 14.1 Å². The van der Waals surface area contributed by atoms with E-state index in [1.165, 1.54) is 45.8 Å². The lowest BCUT2D eigenvalue weighted by molar-refractivity contribution is 0.0695. The topological polar surface area (TPSA) is 103 Å². The molecule has 9 heteroatoms. The lowest BCUT2D eigenvalue weighted by Gasteiger charge is -2.13. The first-order chi connectivity index (χ1) is 13.3. The highest BCUT2D eigenvalue weighted by atomic mass is 19.1. The third-order valence-electron chi connectivity index (χ3n) is 4.21. The number of nitrogens with two attached hydrogens (primary N) is 1. The first-order valence-corrected chi connectivity index (χ1v) is 8.04. The molecule has 0 aliphatic rings. The summed E-state index contributed by atoms with van der Waals surface area (Å²) in [5, 5.41) is 9.12. The summed E-state index contributed by atoms with van der Waals surface area (Å²) in [6.07, 6.45) is 4.03. The van der Waals surface area contributed by atoms with Crippen molar-refractivity contribution in [3.8, 4) is 11.5 Å². The van der Waals surface area contributed by atoms with Crippen molar-refractivity contribution < 1.29 is 18.7 Å². The van der Waals surface area contributed by atoms with Crippen molar-refractivity contribution in [3.05, 3.63) is 82.4 Å². The fraction of sp³-hybridized carbons (Fsp3) is 0. The van der Waals surface area contributed by atoms with Gasteiger partial charge in [0.2, 0.25) is 5.43 Å².